The van der Waals surface area contributed by atoms with Crippen LogP contribution in [0.2, 0.25) is 0 Å². The third-order valence-corrected chi connectivity index (χ3v) is 7.95. The predicted octanol–water partition coefficient (Wildman–Crippen LogP) is 2.70. The Kier molecular flexibility index (Phi) is 6.09. The van der Waals surface area contributed by atoms with Crippen molar-refractivity contribution >= 4 is 29.4 Å². The fourth-order valence-corrected chi connectivity index (χ4v) is 6.35. The zero-order chi connectivity index (χ0) is 26.6. The fourth-order valence-electron chi connectivity index (χ4n) is 6.35. The number of amides is 2. The van der Waals surface area contributed by atoms with Gasteiger partial charge in [-0.15, -0.1) is 0 Å². The number of carbonyl (C=O) groups excluding carboxylic acids is 4. The van der Waals surface area contributed by atoms with Crippen LogP contribution in [-0.2, 0) is 24.0 Å². The van der Waals surface area contributed by atoms with Crippen molar-refractivity contribution in [3.63, 3.8) is 0 Å². The summed E-state index contributed by atoms with van der Waals surface area (Å²) in [5, 5.41) is 19.0. The van der Waals surface area contributed by atoms with Crippen molar-refractivity contribution in [2.45, 2.75) is 38.5 Å². The van der Waals surface area contributed by atoms with Crippen LogP contribution in [0.3, 0.4) is 0 Å². The molecule has 0 spiro atoms. The number of imide groups is 1. The molecule has 5 rings (SSSR count). The van der Waals surface area contributed by atoms with Gasteiger partial charge in [0.05, 0.1) is 18.9 Å². The number of nitrogens with zero attached hydrogens (tertiary/aromatic N) is 1. The molecule has 1 aromatic rings. The summed E-state index contributed by atoms with van der Waals surface area (Å²) in [6.07, 6.45) is 3.71. The summed E-state index contributed by atoms with van der Waals surface area (Å²) >= 11 is 0. The molecule has 192 valence electrons. The van der Waals surface area contributed by atoms with Gasteiger partial charge in [0.1, 0.15) is 11.5 Å². The number of carboxylic acids is 1. The van der Waals surface area contributed by atoms with Gasteiger partial charge in [-0.2, -0.15) is 0 Å². The Hall–Kier alpha value is -4.01. The molecule has 9 nitrogen and oxygen atoms in total. The number of Topliss-reactive ketones (excluding diaryl/α,β-unsaturated/α-hetero) is 1. The third kappa shape index (κ3) is 3.89. The van der Waals surface area contributed by atoms with E-state index in [1.54, 1.807) is 13.0 Å². The molecule has 2 N–H and O–H groups in total. The number of benzene rings is 1. The molecule has 1 heterocycles. The molecule has 4 atom stereocenters. The van der Waals surface area contributed by atoms with Gasteiger partial charge in [-0.05, 0) is 44.2 Å². The van der Waals surface area contributed by atoms with E-state index >= 15 is 0 Å². The van der Waals surface area contributed by atoms with Crippen LogP contribution in [0, 0.1) is 17.8 Å². The van der Waals surface area contributed by atoms with E-state index in [4.69, 9.17) is 9.84 Å². The van der Waals surface area contributed by atoms with Gasteiger partial charge in [0, 0.05) is 47.2 Å². The lowest BCUT2D eigenvalue weighted by molar-refractivity contribution is -0.142. The molecular formula is C28H27NO8. The number of ketones is 2. The molecule has 4 unspecified atom stereocenters. The number of aliphatic carboxylic acids is 1. The number of phenolic OH excluding ortho intramolecular Hbond substituents is 1. The summed E-state index contributed by atoms with van der Waals surface area (Å²) < 4.78 is 5.53. The predicted molar refractivity (Wildman–Crippen MR) is 130 cm³/mol. The van der Waals surface area contributed by atoms with Crippen LogP contribution >= 0.6 is 0 Å². The number of phenols is 1. The van der Waals surface area contributed by atoms with Crippen LogP contribution in [0.25, 0.3) is 0 Å². The van der Waals surface area contributed by atoms with Crippen molar-refractivity contribution in [1.29, 1.82) is 0 Å². The van der Waals surface area contributed by atoms with Crippen molar-refractivity contribution < 1.29 is 38.9 Å². The Balaban J connectivity index is 1.61. The SMILES string of the molecule is COc1cc(O)ccc1C1C2=CCC3C(=O)N(CCCC(=O)O)C(=O)C3C2CC2=C1C(=O)C=C(C)C2=O. The maximum atomic E-state index is 13.6. The lowest BCUT2D eigenvalue weighted by atomic mass is 9.59. The van der Waals surface area contributed by atoms with E-state index in [9.17, 15) is 29.1 Å². The molecule has 9 heteroatoms. The summed E-state index contributed by atoms with van der Waals surface area (Å²) in [5.74, 6) is -4.35. The standard InChI is InChI=1S/C28H27NO8/c1-13-10-20(31)25-19(26(13)34)12-18-15(23(25)16-6-5-14(30)11-21(16)37-2)7-8-17-24(18)28(36)29(27(17)35)9-3-4-22(32)33/h5-7,10-11,17-18,23-24,30H,3-4,8-9,12H2,1-2H3,(H,32,33). The minimum atomic E-state index is -0.998. The first-order chi connectivity index (χ1) is 17.6. The van der Waals surface area contributed by atoms with Crippen molar-refractivity contribution in [1.82, 2.24) is 4.90 Å². The van der Waals surface area contributed by atoms with Gasteiger partial charge >= 0.3 is 5.97 Å². The van der Waals surface area contributed by atoms with Gasteiger partial charge in [0.15, 0.2) is 11.6 Å². The van der Waals surface area contributed by atoms with Gasteiger partial charge in [-0.1, -0.05) is 17.7 Å². The number of ether oxygens (including phenoxy) is 1. The molecule has 1 fully saturated rings. The van der Waals surface area contributed by atoms with E-state index in [0.29, 0.717) is 34.5 Å². The number of rotatable bonds is 6. The van der Waals surface area contributed by atoms with Gasteiger partial charge in [0.2, 0.25) is 11.8 Å². The number of likely N-dealkylation sites (tertiary alicyclic amines) is 1. The molecule has 0 radical (unpaired) electrons. The van der Waals surface area contributed by atoms with Crippen LogP contribution in [0.4, 0.5) is 0 Å². The molecule has 1 aromatic carbocycles. The highest BCUT2D eigenvalue weighted by Gasteiger charge is 2.56. The smallest absolute Gasteiger partial charge is 0.303 e. The molecule has 4 aliphatic rings. The Bertz CT molecular complexity index is 1350. The topological polar surface area (TPSA) is 138 Å². The molecular weight excluding hydrogens is 478 g/mol. The molecule has 0 bridgehead atoms. The van der Waals surface area contributed by atoms with E-state index in [1.165, 1.54) is 25.3 Å². The quantitative estimate of drug-likeness (QED) is 0.342. The number of carbonyl (C=O) groups is 5. The average Bonchev–Trinajstić information content (AvgIpc) is 3.11. The Morgan fingerprint density at radius 1 is 1.14 bits per heavy atom. The maximum Gasteiger partial charge on any atom is 0.303 e. The first-order valence-corrected chi connectivity index (χ1v) is 12.3. The average molecular weight is 506 g/mol. The number of fused-ring (bicyclic) bond motifs is 3. The van der Waals surface area contributed by atoms with Gasteiger partial charge in [-0.25, -0.2) is 0 Å². The van der Waals surface area contributed by atoms with Gasteiger partial charge in [0.25, 0.3) is 0 Å². The minimum absolute atomic E-state index is 0.0183. The maximum absolute atomic E-state index is 13.6. The van der Waals surface area contributed by atoms with E-state index < -0.39 is 29.6 Å². The zero-order valence-corrected chi connectivity index (χ0v) is 20.5. The second kappa shape index (κ2) is 9.14. The first kappa shape index (κ1) is 24.7. The Labute approximate surface area is 213 Å². The summed E-state index contributed by atoms with van der Waals surface area (Å²) in [6, 6.07) is 4.58. The highest BCUT2D eigenvalue weighted by molar-refractivity contribution is 6.23. The van der Waals surface area contributed by atoms with Gasteiger partial charge in [-0.3, -0.25) is 28.9 Å². The molecule has 37 heavy (non-hydrogen) atoms. The van der Waals surface area contributed by atoms with Crippen LogP contribution in [0.5, 0.6) is 11.5 Å². The third-order valence-electron chi connectivity index (χ3n) is 7.95. The summed E-state index contributed by atoms with van der Waals surface area (Å²) in [6.45, 7) is 1.62. The summed E-state index contributed by atoms with van der Waals surface area (Å²) in [5.41, 5.74) is 2.38. The molecule has 3 aliphatic carbocycles. The van der Waals surface area contributed by atoms with E-state index in [-0.39, 0.29) is 54.9 Å². The molecule has 0 aromatic heterocycles. The second-order valence-electron chi connectivity index (χ2n) is 9.98. The van der Waals surface area contributed by atoms with Crippen LogP contribution < -0.4 is 4.74 Å². The first-order valence-electron chi connectivity index (χ1n) is 12.3. The van der Waals surface area contributed by atoms with Crippen LogP contribution in [0.1, 0.15) is 44.1 Å². The lowest BCUT2D eigenvalue weighted by Gasteiger charge is -2.42. The highest BCUT2D eigenvalue weighted by atomic mass is 16.5. The Morgan fingerprint density at radius 3 is 2.59 bits per heavy atom. The number of carboxylic acid groups (broad SMARTS) is 1. The fraction of sp³-hybridized carbons (Fsp3) is 0.393. The number of allylic oxidation sites excluding steroid dienone is 6. The minimum Gasteiger partial charge on any atom is -0.508 e. The zero-order valence-electron chi connectivity index (χ0n) is 20.5. The van der Waals surface area contributed by atoms with Crippen LogP contribution in [-0.4, -0.2) is 58.1 Å². The summed E-state index contributed by atoms with van der Waals surface area (Å²) in [7, 11) is 1.45. The van der Waals surface area contributed by atoms with Gasteiger partial charge < -0.3 is 14.9 Å². The van der Waals surface area contributed by atoms with Crippen molar-refractivity contribution in [3.8, 4) is 11.5 Å². The van der Waals surface area contributed by atoms with E-state index in [1.807, 2.05) is 6.08 Å². The van der Waals surface area contributed by atoms with Crippen LogP contribution in [0.15, 0.2) is 52.6 Å². The molecule has 1 saturated heterocycles. The van der Waals surface area contributed by atoms with Crippen molar-refractivity contribution in [2.75, 3.05) is 13.7 Å². The number of hydrogen-bond acceptors (Lipinski definition) is 7. The monoisotopic (exact) mass is 505 g/mol. The number of hydrogen-bond donors (Lipinski definition) is 2. The Morgan fingerprint density at radius 2 is 1.89 bits per heavy atom. The van der Waals surface area contributed by atoms with E-state index in [2.05, 4.69) is 0 Å². The largest absolute Gasteiger partial charge is 0.508 e. The molecule has 1 aliphatic heterocycles. The van der Waals surface area contributed by atoms with Crippen molar-refractivity contribution in [2.24, 2.45) is 17.8 Å². The number of aromatic hydroxyl groups is 1. The van der Waals surface area contributed by atoms with Crippen molar-refractivity contribution in [3.05, 3.63) is 58.2 Å². The number of methoxy groups -OCH3 is 1. The molecule has 0 saturated carbocycles. The summed E-state index contributed by atoms with van der Waals surface area (Å²) in [4.78, 5) is 65.4. The molecule has 2 amide bonds. The van der Waals surface area contributed by atoms with E-state index in [0.717, 1.165) is 10.5 Å². The lowest BCUT2D eigenvalue weighted by Crippen LogP contribution is -2.40. The highest BCUT2D eigenvalue weighted by Crippen LogP contribution is 2.56. The normalized spacial score (nSPS) is 26.9. The second-order valence-corrected chi connectivity index (χ2v) is 9.98.